The van der Waals surface area contributed by atoms with Crippen LogP contribution in [0, 0.1) is 12.7 Å². The lowest BCUT2D eigenvalue weighted by Gasteiger charge is -2.30. The minimum Gasteiger partial charge on any atom is -0.331 e. The molecule has 0 unspecified atom stereocenters. The van der Waals surface area contributed by atoms with Gasteiger partial charge in [-0.15, -0.1) is 0 Å². The Kier molecular flexibility index (Phi) is 5.03. The third-order valence-electron chi connectivity index (χ3n) is 6.35. The summed E-state index contributed by atoms with van der Waals surface area (Å²) in [6.07, 6.45) is 1.68. The van der Waals surface area contributed by atoms with Crippen molar-refractivity contribution in [3.63, 3.8) is 0 Å². The molecule has 0 aliphatic heterocycles. The van der Waals surface area contributed by atoms with Crippen molar-refractivity contribution in [2.75, 3.05) is 0 Å². The summed E-state index contributed by atoms with van der Waals surface area (Å²) in [5.74, 6) is -0.226. The molecule has 0 bridgehead atoms. The molecule has 0 radical (unpaired) electrons. The summed E-state index contributed by atoms with van der Waals surface area (Å²) in [6, 6.07) is 27.1. The number of nitrogens with zero attached hydrogens (tertiary/aromatic N) is 1. The topological polar surface area (TPSA) is 20.3 Å². The molecule has 5 rings (SSSR count). The molecule has 0 atom stereocenters. The van der Waals surface area contributed by atoms with Gasteiger partial charge in [0.05, 0.1) is 5.56 Å². The summed E-state index contributed by atoms with van der Waals surface area (Å²) in [5, 5.41) is 2.04. The first-order chi connectivity index (χ1) is 15.1. The van der Waals surface area contributed by atoms with Gasteiger partial charge in [0.25, 0.3) is 5.91 Å². The Balaban J connectivity index is 1.57. The first-order valence-electron chi connectivity index (χ1n) is 10.7. The molecule has 1 aliphatic rings. The fraction of sp³-hybridized carbons (Fsp3) is 0.179. The van der Waals surface area contributed by atoms with Gasteiger partial charge in [-0.1, -0.05) is 72.8 Å². The van der Waals surface area contributed by atoms with Crippen molar-refractivity contribution in [3.8, 4) is 0 Å². The van der Waals surface area contributed by atoms with Gasteiger partial charge >= 0.3 is 0 Å². The highest BCUT2D eigenvalue weighted by atomic mass is 19.1. The summed E-state index contributed by atoms with van der Waals surface area (Å²) in [7, 11) is 0. The van der Waals surface area contributed by atoms with Crippen LogP contribution in [-0.4, -0.2) is 16.8 Å². The number of hydrogen-bond donors (Lipinski definition) is 0. The molecule has 0 saturated carbocycles. The molecule has 4 aromatic carbocycles. The minimum atomic E-state index is -0.264. The third-order valence-corrected chi connectivity index (χ3v) is 6.35. The van der Waals surface area contributed by atoms with E-state index in [1.165, 1.54) is 23.3 Å². The molecule has 154 valence electrons. The highest BCUT2D eigenvalue weighted by molar-refractivity contribution is 6.08. The quantitative estimate of drug-likeness (QED) is 0.399. The van der Waals surface area contributed by atoms with Gasteiger partial charge in [-0.3, -0.25) is 4.79 Å². The van der Waals surface area contributed by atoms with E-state index in [0.29, 0.717) is 6.54 Å². The van der Waals surface area contributed by atoms with E-state index in [-0.39, 0.29) is 17.8 Å². The van der Waals surface area contributed by atoms with E-state index in [9.17, 15) is 9.18 Å². The van der Waals surface area contributed by atoms with E-state index in [4.69, 9.17) is 0 Å². The van der Waals surface area contributed by atoms with Crippen molar-refractivity contribution in [2.45, 2.75) is 32.4 Å². The Labute approximate surface area is 181 Å². The van der Waals surface area contributed by atoms with Crippen LogP contribution in [0.25, 0.3) is 10.8 Å². The average Bonchev–Trinajstić information content (AvgIpc) is 3.22. The van der Waals surface area contributed by atoms with Crippen molar-refractivity contribution in [2.24, 2.45) is 0 Å². The Hall–Kier alpha value is -3.46. The van der Waals surface area contributed by atoms with Crippen LogP contribution in [0.1, 0.15) is 32.6 Å². The maximum absolute atomic E-state index is 14.0. The van der Waals surface area contributed by atoms with Gasteiger partial charge < -0.3 is 4.90 Å². The first-order valence-corrected chi connectivity index (χ1v) is 10.7. The summed E-state index contributed by atoms with van der Waals surface area (Å²) in [5.41, 5.74) is 5.28. The normalized spacial score (nSPS) is 13.4. The zero-order chi connectivity index (χ0) is 21.4. The number of aryl methyl sites for hydroxylation is 1. The summed E-state index contributed by atoms with van der Waals surface area (Å²) >= 11 is 0. The summed E-state index contributed by atoms with van der Waals surface area (Å²) in [4.78, 5) is 16.0. The van der Waals surface area contributed by atoms with E-state index in [2.05, 4.69) is 30.3 Å². The zero-order valence-electron chi connectivity index (χ0n) is 17.5. The van der Waals surface area contributed by atoms with Crippen molar-refractivity contribution < 1.29 is 9.18 Å². The summed E-state index contributed by atoms with van der Waals surface area (Å²) < 4.78 is 13.5. The van der Waals surface area contributed by atoms with Gasteiger partial charge in [0.15, 0.2) is 0 Å². The monoisotopic (exact) mass is 409 g/mol. The largest absolute Gasteiger partial charge is 0.331 e. The molecule has 0 aromatic heterocycles. The van der Waals surface area contributed by atoms with Crippen molar-refractivity contribution in [3.05, 3.63) is 119 Å². The van der Waals surface area contributed by atoms with Gasteiger partial charge in [-0.25, -0.2) is 4.39 Å². The molecule has 0 fully saturated rings. The van der Waals surface area contributed by atoms with E-state index in [0.717, 1.165) is 40.3 Å². The molecule has 4 aromatic rings. The van der Waals surface area contributed by atoms with Crippen LogP contribution < -0.4 is 0 Å². The molecule has 0 saturated heterocycles. The van der Waals surface area contributed by atoms with Crippen LogP contribution in [0.2, 0.25) is 0 Å². The Bertz CT molecular complexity index is 1240. The van der Waals surface area contributed by atoms with Crippen LogP contribution in [0.4, 0.5) is 4.39 Å². The smallest absolute Gasteiger partial charge is 0.255 e. The second-order valence-electron chi connectivity index (χ2n) is 8.37. The number of amides is 1. The number of hydrogen-bond acceptors (Lipinski definition) is 1. The fourth-order valence-corrected chi connectivity index (χ4v) is 4.72. The second-order valence-corrected chi connectivity index (χ2v) is 8.37. The van der Waals surface area contributed by atoms with E-state index in [1.807, 2.05) is 42.2 Å². The maximum atomic E-state index is 14.0. The van der Waals surface area contributed by atoms with Crippen molar-refractivity contribution >= 4 is 16.7 Å². The number of fused-ring (bicyclic) bond motifs is 2. The van der Waals surface area contributed by atoms with Gasteiger partial charge in [0.1, 0.15) is 5.82 Å². The molecule has 0 spiro atoms. The van der Waals surface area contributed by atoms with Crippen LogP contribution in [0.5, 0.6) is 0 Å². The van der Waals surface area contributed by atoms with Crippen molar-refractivity contribution in [1.82, 2.24) is 4.90 Å². The van der Waals surface area contributed by atoms with Crippen LogP contribution >= 0.6 is 0 Å². The molecular weight excluding hydrogens is 385 g/mol. The molecule has 3 heteroatoms. The van der Waals surface area contributed by atoms with Crippen LogP contribution in [0.15, 0.2) is 84.9 Å². The Morgan fingerprint density at radius 3 is 2.23 bits per heavy atom. The van der Waals surface area contributed by atoms with Gasteiger partial charge in [0.2, 0.25) is 0 Å². The van der Waals surface area contributed by atoms with E-state index in [1.54, 1.807) is 12.1 Å². The average molecular weight is 410 g/mol. The predicted octanol–water partition coefficient (Wildman–Crippen LogP) is 6.10. The molecule has 1 aliphatic carbocycles. The van der Waals surface area contributed by atoms with Crippen LogP contribution in [0.3, 0.4) is 0 Å². The molecule has 0 heterocycles. The lowest BCUT2D eigenvalue weighted by atomic mass is 9.97. The SMILES string of the molecule is Cc1ccc2ccccc2c1C(=O)N(Cc1ccc(F)cc1)C1Cc2ccccc2C1. The van der Waals surface area contributed by atoms with E-state index < -0.39 is 0 Å². The first kappa shape index (κ1) is 19.5. The number of carbonyl (C=O) groups is 1. The second kappa shape index (κ2) is 7.99. The highest BCUT2D eigenvalue weighted by Crippen LogP contribution is 2.30. The molecular formula is C28H24FNO. The van der Waals surface area contributed by atoms with Crippen LogP contribution in [-0.2, 0) is 19.4 Å². The van der Waals surface area contributed by atoms with Crippen molar-refractivity contribution in [1.29, 1.82) is 0 Å². The lowest BCUT2D eigenvalue weighted by Crippen LogP contribution is -2.40. The number of carbonyl (C=O) groups excluding carboxylic acids is 1. The molecule has 1 amide bonds. The number of halogens is 1. The minimum absolute atomic E-state index is 0.0384. The third kappa shape index (κ3) is 3.72. The van der Waals surface area contributed by atoms with Gasteiger partial charge in [-0.2, -0.15) is 0 Å². The number of rotatable bonds is 4. The number of benzene rings is 4. The van der Waals surface area contributed by atoms with E-state index >= 15 is 0 Å². The maximum Gasteiger partial charge on any atom is 0.255 e. The molecule has 2 nitrogen and oxygen atoms in total. The standard InChI is InChI=1S/C28H24FNO/c1-19-10-13-21-6-4-5-9-26(21)27(19)28(31)30(18-20-11-14-24(29)15-12-20)25-16-22-7-2-3-8-23(22)17-25/h2-15,25H,16-18H2,1H3. The van der Waals surface area contributed by atoms with Gasteiger partial charge in [-0.05, 0) is 64.9 Å². The Morgan fingerprint density at radius 1 is 0.871 bits per heavy atom. The highest BCUT2D eigenvalue weighted by Gasteiger charge is 2.31. The lowest BCUT2D eigenvalue weighted by molar-refractivity contribution is 0.0669. The fourth-order valence-electron chi connectivity index (χ4n) is 4.72. The zero-order valence-corrected chi connectivity index (χ0v) is 17.5. The molecule has 31 heavy (non-hydrogen) atoms. The Morgan fingerprint density at radius 2 is 1.52 bits per heavy atom. The predicted molar refractivity (Wildman–Crippen MR) is 123 cm³/mol. The van der Waals surface area contributed by atoms with Gasteiger partial charge in [0, 0.05) is 12.6 Å². The molecule has 0 N–H and O–H groups in total. The summed E-state index contributed by atoms with van der Waals surface area (Å²) in [6.45, 7) is 2.46.